The molecule has 0 aliphatic carbocycles. The zero-order valence-corrected chi connectivity index (χ0v) is 13.4. The lowest BCUT2D eigenvalue weighted by atomic mass is 10.1. The van der Waals surface area contributed by atoms with Crippen LogP contribution in [0.5, 0.6) is 0 Å². The molecule has 2 rings (SSSR count). The van der Waals surface area contributed by atoms with Crippen molar-refractivity contribution in [3.8, 4) is 0 Å². The molecule has 6 nitrogen and oxygen atoms in total. The van der Waals surface area contributed by atoms with Gasteiger partial charge in [0.15, 0.2) is 0 Å². The molecular weight excluding hydrogens is 349 g/mol. The number of sulfonamides is 1. The van der Waals surface area contributed by atoms with Gasteiger partial charge in [-0.15, -0.1) is 11.3 Å². The maximum Gasteiger partial charge on any atom is 0.310 e. The first kappa shape index (κ1) is 16.0. The fourth-order valence-electron chi connectivity index (χ4n) is 1.97. The van der Waals surface area contributed by atoms with E-state index >= 15 is 0 Å². The third-order valence-electron chi connectivity index (χ3n) is 3.12. The van der Waals surface area contributed by atoms with Gasteiger partial charge in [-0.3, -0.25) is 4.79 Å². The quantitative estimate of drug-likeness (QED) is 0.885. The first-order chi connectivity index (χ1) is 9.25. The zero-order chi connectivity index (χ0) is 15.1. The molecule has 0 amide bonds. The Labute approximate surface area is 129 Å². The lowest BCUT2D eigenvalue weighted by Gasteiger charge is -2.25. The van der Waals surface area contributed by atoms with Crippen LogP contribution >= 0.6 is 34.5 Å². The number of halogens is 2. The third-order valence-corrected chi connectivity index (χ3v) is 6.75. The highest BCUT2D eigenvalue weighted by Gasteiger charge is 2.42. The molecule has 1 aliphatic heterocycles. The van der Waals surface area contributed by atoms with Crippen molar-refractivity contribution in [2.75, 3.05) is 20.3 Å². The van der Waals surface area contributed by atoms with E-state index < -0.39 is 28.0 Å². The number of hydrogen-bond acceptors (Lipinski definition) is 5. The Morgan fingerprint density at radius 3 is 2.65 bits per heavy atom. The molecule has 1 aliphatic rings. The Hall–Kier alpha value is -0.380. The number of rotatable bonds is 4. The van der Waals surface area contributed by atoms with Crippen LogP contribution in [0.3, 0.4) is 0 Å². The van der Waals surface area contributed by atoms with Crippen LogP contribution in [-0.4, -0.2) is 50.1 Å². The molecule has 2 atom stereocenters. The van der Waals surface area contributed by atoms with Crippen LogP contribution in [0.25, 0.3) is 0 Å². The summed E-state index contributed by atoms with van der Waals surface area (Å²) >= 11 is 12.5. The van der Waals surface area contributed by atoms with Crippen molar-refractivity contribution in [3.63, 3.8) is 0 Å². The van der Waals surface area contributed by atoms with E-state index in [1.54, 1.807) is 0 Å². The molecule has 1 aromatic rings. The number of aliphatic carboxylic acids is 1. The SMILES string of the molecule is CN(C1COCC1C(=O)O)S(=O)(=O)c1cc(Cl)sc1Cl. The molecule has 0 bridgehead atoms. The Morgan fingerprint density at radius 1 is 1.50 bits per heavy atom. The fourth-order valence-corrected chi connectivity index (χ4v) is 5.46. The molecule has 20 heavy (non-hydrogen) atoms. The van der Waals surface area contributed by atoms with Crippen molar-refractivity contribution in [1.29, 1.82) is 0 Å². The number of carbonyl (C=O) groups is 1. The molecule has 1 fully saturated rings. The molecule has 1 saturated heterocycles. The average Bonchev–Trinajstić information content (AvgIpc) is 2.94. The second-order valence-electron chi connectivity index (χ2n) is 4.26. The lowest BCUT2D eigenvalue weighted by Crippen LogP contribution is -2.43. The van der Waals surface area contributed by atoms with Gasteiger partial charge in [-0.05, 0) is 6.07 Å². The van der Waals surface area contributed by atoms with Crippen molar-refractivity contribution < 1.29 is 23.1 Å². The Balaban J connectivity index is 2.34. The molecule has 0 radical (unpaired) electrons. The zero-order valence-electron chi connectivity index (χ0n) is 10.2. The summed E-state index contributed by atoms with van der Waals surface area (Å²) in [4.78, 5) is 11.0. The number of ether oxygens (including phenoxy) is 1. The highest BCUT2D eigenvalue weighted by Crippen LogP contribution is 2.36. The second kappa shape index (κ2) is 5.78. The van der Waals surface area contributed by atoms with Crippen molar-refractivity contribution in [1.82, 2.24) is 4.31 Å². The van der Waals surface area contributed by atoms with E-state index in [0.29, 0.717) is 0 Å². The lowest BCUT2D eigenvalue weighted by molar-refractivity contribution is -0.142. The molecule has 112 valence electrons. The summed E-state index contributed by atoms with van der Waals surface area (Å²) in [7, 11) is -2.60. The topological polar surface area (TPSA) is 83.9 Å². The van der Waals surface area contributed by atoms with Gasteiger partial charge in [0.1, 0.15) is 9.23 Å². The molecular formula is C10H11Cl2NO5S2. The number of likely N-dealkylation sites (N-methyl/N-ethyl adjacent to an activating group) is 1. The van der Waals surface area contributed by atoms with Crippen LogP contribution < -0.4 is 0 Å². The van der Waals surface area contributed by atoms with Gasteiger partial charge >= 0.3 is 5.97 Å². The monoisotopic (exact) mass is 359 g/mol. The summed E-state index contributed by atoms with van der Waals surface area (Å²) in [5, 5.41) is 9.08. The summed E-state index contributed by atoms with van der Waals surface area (Å²) < 4.78 is 31.3. The smallest absolute Gasteiger partial charge is 0.310 e. The summed E-state index contributed by atoms with van der Waals surface area (Å²) in [6.07, 6.45) is 0. The number of hydrogen-bond donors (Lipinski definition) is 1. The van der Waals surface area contributed by atoms with Gasteiger partial charge < -0.3 is 9.84 Å². The minimum absolute atomic E-state index is 0.0159. The molecule has 0 spiro atoms. The Bertz CT molecular complexity index is 630. The van der Waals surface area contributed by atoms with Gasteiger partial charge in [-0.1, -0.05) is 23.2 Å². The van der Waals surface area contributed by atoms with Crippen LogP contribution in [0.4, 0.5) is 0 Å². The van der Waals surface area contributed by atoms with E-state index in [9.17, 15) is 13.2 Å². The van der Waals surface area contributed by atoms with Gasteiger partial charge in [0, 0.05) is 7.05 Å². The number of carboxylic acids is 1. The summed E-state index contributed by atoms with van der Waals surface area (Å²) in [5.74, 6) is -1.99. The van der Waals surface area contributed by atoms with Crippen LogP contribution in [0, 0.1) is 5.92 Å². The minimum Gasteiger partial charge on any atom is -0.481 e. The summed E-state index contributed by atoms with van der Waals surface area (Å²) in [6, 6.07) is 0.485. The molecule has 2 heterocycles. The number of nitrogens with zero attached hydrogens (tertiary/aromatic N) is 1. The van der Waals surface area contributed by atoms with E-state index in [1.165, 1.54) is 13.1 Å². The van der Waals surface area contributed by atoms with Gasteiger partial charge in [-0.25, -0.2) is 8.42 Å². The van der Waals surface area contributed by atoms with Crippen LogP contribution in [-0.2, 0) is 19.6 Å². The fraction of sp³-hybridized carbons (Fsp3) is 0.500. The average molecular weight is 360 g/mol. The summed E-state index contributed by atoms with van der Waals surface area (Å²) in [6.45, 7) is 0.0141. The molecule has 10 heteroatoms. The Kier molecular flexibility index (Phi) is 4.63. The van der Waals surface area contributed by atoms with E-state index in [4.69, 9.17) is 33.0 Å². The normalized spacial score (nSPS) is 23.4. The molecule has 0 saturated carbocycles. The Morgan fingerprint density at radius 2 is 2.15 bits per heavy atom. The molecule has 0 aromatic carbocycles. The highest BCUT2D eigenvalue weighted by molar-refractivity contribution is 7.89. The largest absolute Gasteiger partial charge is 0.481 e. The number of thiophene rings is 1. The standard InChI is InChI=1S/C10H11Cl2NO5S2/c1-13(6-4-18-3-5(6)10(14)15)20(16,17)7-2-8(11)19-9(7)12/h2,5-6H,3-4H2,1H3,(H,14,15). The van der Waals surface area contributed by atoms with Gasteiger partial charge in [0.05, 0.1) is 29.5 Å². The second-order valence-corrected chi connectivity index (χ2v) is 8.51. The van der Waals surface area contributed by atoms with E-state index in [0.717, 1.165) is 15.6 Å². The van der Waals surface area contributed by atoms with Crippen molar-refractivity contribution >= 4 is 50.5 Å². The van der Waals surface area contributed by atoms with E-state index in [-0.39, 0.29) is 26.8 Å². The first-order valence-electron chi connectivity index (χ1n) is 5.48. The van der Waals surface area contributed by atoms with Crippen molar-refractivity contribution in [2.24, 2.45) is 5.92 Å². The predicted molar refractivity (Wildman–Crippen MR) is 75.0 cm³/mol. The van der Waals surface area contributed by atoms with Crippen molar-refractivity contribution in [3.05, 3.63) is 14.7 Å². The van der Waals surface area contributed by atoms with Gasteiger partial charge in [-0.2, -0.15) is 4.31 Å². The van der Waals surface area contributed by atoms with Crippen molar-refractivity contribution in [2.45, 2.75) is 10.9 Å². The van der Waals surface area contributed by atoms with Gasteiger partial charge in [0.25, 0.3) is 0 Å². The molecule has 1 aromatic heterocycles. The van der Waals surface area contributed by atoms with Crippen LogP contribution in [0.1, 0.15) is 0 Å². The van der Waals surface area contributed by atoms with E-state index in [2.05, 4.69) is 0 Å². The molecule has 1 N–H and O–H groups in total. The van der Waals surface area contributed by atoms with Gasteiger partial charge in [0.2, 0.25) is 10.0 Å². The minimum atomic E-state index is -3.91. The summed E-state index contributed by atoms with van der Waals surface area (Å²) in [5.41, 5.74) is 0. The predicted octanol–water partition coefficient (Wildman–Crippen LogP) is 1.77. The first-order valence-corrected chi connectivity index (χ1v) is 8.50. The maximum atomic E-state index is 12.5. The maximum absolute atomic E-state index is 12.5. The third kappa shape index (κ3) is 2.81. The highest BCUT2D eigenvalue weighted by atomic mass is 35.5. The molecule has 2 unspecified atom stereocenters. The van der Waals surface area contributed by atoms with Crippen LogP contribution in [0.15, 0.2) is 11.0 Å². The van der Waals surface area contributed by atoms with Crippen LogP contribution in [0.2, 0.25) is 8.67 Å². The van der Waals surface area contributed by atoms with E-state index in [1.807, 2.05) is 0 Å². The number of carboxylic acid groups (broad SMARTS) is 1.